The molecule has 0 saturated carbocycles. The molecule has 0 spiro atoms. The second-order valence-electron chi connectivity index (χ2n) is 6.82. The predicted molar refractivity (Wildman–Crippen MR) is 113 cm³/mol. The van der Waals surface area contributed by atoms with E-state index in [1.54, 1.807) is 0 Å². The van der Waals surface area contributed by atoms with Crippen LogP contribution in [0.1, 0.15) is 64.7 Å². The molecule has 0 heterocycles. The summed E-state index contributed by atoms with van der Waals surface area (Å²) in [5, 5.41) is 2.27. The van der Waals surface area contributed by atoms with Crippen molar-refractivity contribution in [3.05, 3.63) is 36.4 Å². The summed E-state index contributed by atoms with van der Waals surface area (Å²) in [6.07, 6.45) is 10.9. The maximum absolute atomic E-state index is 6.07. The maximum Gasteiger partial charge on any atom is 0.127 e. The van der Waals surface area contributed by atoms with E-state index in [0.717, 1.165) is 67.0 Å². The van der Waals surface area contributed by atoms with Crippen molar-refractivity contribution in [2.24, 2.45) is 0 Å². The lowest BCUT2D eigenvalue weighted by atomic mass is 10.1. The van der Waals surface area contributed by atoms with E-state index in [-0.39, 0.29) is 0 Å². The summed E-state index contributed by atoms with van der Waals surface area (Å²) >= 11 is 5.72. The number of ether oxygens (including phenoxy) is 2. The summed E-state index contributed by atoms with van der Waals surface area (Å²) in [7, 11) is 0. The summed E-state index contributed by atoms with van der Waals surface area (Å²) in [6.45, 7) is 3.77. The first-order chi connectivity index (χ1) is 12.9. The van der Waals surface area contributed by atoms with Gasteiger partial charge in [-0.05, 0) is 37.8 Å². The van der Waals surface area contributed by atoms with Crippen LogP contribution in [0, 0.1) is 0 Å². The van der Waals surface area contributed by atoms with Gasteiger partial charge in [0.25, 0.3) is 0 Å². The van der Waals surface area contributed by atoms with Crippen molar-refractivity contribution in [1.82, 2.24) is 0 Å². The van der Waals surface area contributed by atoms with E-state index in [9.17, 15) is 0 Å². The topological polar surface area (TPSA) is 18.5 Å². The quantitative estimate of drug-likeness (QED) is 0.253. The highest BCUT2D eigenvalue weighted by Gasteiger charge is 2.07. The minimum Gasteiger partial charge on any atom is -0.493 e. The largest absolute Gasteiger partial charge is 0.493 e. The zero-order chi connectivity index (χ0) is 18.5. The van der Waals surface area contributed by atoms with E-state index >= 15 is 0 Å². The van der Waals surface area contributed by atoms with E-state index in [4.69, 9.17) is 21.1 Å². The fourth-order valence-electron chi connectivity index (χ4n) is 3.12. The standard InChI is InChI=1S/C23H33ClO2/c1-2-3-4-5-6-11-18-25-22-15-16-23(26-19-12-7-10-17-24)21-14-9-8-13-20(21)22/h8-9,13-16H,2-7,10-12,17-19H2,1H3. The normalized spacial score (nSPS) is 11.0. The lowest BCUT2D eigenvalue weighted by Crippen LogP contribution is -2.00. The van der Waals surface area contributed by atoms with E-state index in [0.29, 0.717) is 0 Å². The van der Waals surface area contributed by atoms with Gasteiger partial charge in [0.2, 0.25) is 0 Å². The second kappa shape index (κ2) is 12.9. The molecule has 3 heteroatoms. The molecule has 0 fully saturated rings. The molecule has 144 valence electrons. The lowest BCUT2D eigenvalue weighted by Gasteiger charge is -2.13. The van der Waals surface area contributed by atoms with Gasteiger partial charge in [0.15, 0.2) is 0 Å². The highest BCUT2D eigenvalue weighted by molar-refractivity contribution is 6.17. The van der Waals surface area contributed by atoms with Crippen LogP contribution in [0.4, 0.5) is 0 Å². The summed E-state index contributed by atoms with van der Waals surface area (Å²) in [6, 6.07) is 12.4. The lowest BCUT2D eigenvalue weighted by molar-refractivity contribution is 0.302. The van der Waals surface area contributed by atoms with Crippen LogP contribution in [0.15, 0.2) is 36.4 Å². The van der Waals surface area contributed by atoms with Gasteiger partial charge in [0.05, 0.1) is 13.2 Å². The van der Waals surface area contributed by atoms with Crippen LogP contribution < -0.4 is 9.47 Å². The first-order valence-corrected chi connectivity index (χ1v) is 10.7. The molecule has 0 amide bonds. The van der Waals surface area contributed by atoms with Crippen LogP contribution in [-0.4, -0.2) is 19.1 Å². The molecule has 0 saturated heterocycles. The Morgan fingerprint density at radius 3 is 1.69 bits per heavy atom. The highest BCUT2D eigenvalue weighted by atomic mass is 35.5. The van der Waals surface area contributed by atoms with Crippen LogP contribution in [-0.2, 0) is 0 Å². The number of unbranched alkanes of at least 4 members (excludes halogenated alkanes) is 7. The Bertz CT molecular complexity index is 627. The van der Waals surface area contributed by atoms with E-state index < -0.39 is 0 Å². The van der Waals surface area contributed by atoms with Crippen molar-refractivity contribution < 1.29 is 9.47 Å². The summed E-state index contributed by atoms with van der Waals surface area (Å²) in [5.41, 5.74) is 0. The van der Waals surface area contributed by atoms with Crippen molar-refractivity contribution >= 4 is 22.4 Å². The third-order valence-electron chi connectivity index (χ3n) is 4.64. The zero-order valence-electron chi connectivity index (χ0n) is 16.1. The monoisotopic (exact) mass is 376 g/mol. The van der Waals surface area contributed by atoms with Gasteiger partial charge in [0.1, 0.15) is 11.5 Å². The molecule has 0 N–H and O–H groups in total. The molecule has 2 nitrogen and oxygen atoms in total. The molecule has 26 heavy (non-hydrogen) atoms. The molecular weight excluding hydrogens is 344 g/mol. The minimum absolute atomic E-state index is 0.730. The number of alkyl halides is 1. The van der Waals surface area contributed by atoms with Gasteiger partial charge >= 0.3 is 0 Å². The number of rotatable bonds is 14. The minimum atomic E-state index is 0.730. The van der Waals surface area contributed by atoms with Crippen molar-refractivity contribution in [3.63, 3.8) is 0 Å². The van der Waals surface area contributed by atoms with Crippen LogP contribution >= 0.6 is 11.6 Å². The Balaban J connectivity index is 1.87. The van der Waals surface area contributed by atoms with Gasteiger partial charge in [-0.3, -0.25) is 0 Å². The molecule has 0 aliphatic heterocycles. The number of halogens is 1. The number of hydrogen-bond acceptors (Lipinski definition) is 2. The number of hydrogen-bond donors (Lipinski definition) is 0. The molecule has 2 aromatic carbocycles. The van der Waals surface area contributed by atoms with E-state index in [1.165, 1.54) is 32.1 Å². The molecule has 0 aliphatic rings. The van der Waals surface area contributed by atoms with Crippen LogP contribution in [0.3, 0.4) is 0 Å². The predicted octanol–water partition coefficient (Wildman–Crippen LogP) is 7.37. The number of benzene rings is 2. The molecule has 2 rings (SSSR count). The molecule has 0 bridgehead atoms. The summed E-state index contributed by atoms with van der Waals surface area (Å²) < 4.78 is 12.1. The van der Waals surface area contributed by atoms with E-state index in [1.807, 2.05) is 12.1 Å². The van der Waals surface area contributed by atoms with Crippen molar-refractivity contribution in [1.29, 1.82) is 0 Å². The van der Waals surface area contributed by atoms with Gasteiger partial charge in [-0.1, -0.05) is 63.3 Å². The smallest absolute Gasteiger partial charge is 0.127 e. The Morgan fingerprint density at radius 1 is 0.654 bits per heavy atom. The first-order valence-electron chi connectivity index (χ1n) is 10.2. The Morgan fingerprint density at radius 2 is 1.15 bits per heavy atom. The molecule has 2 aromatic rings. The van der Waals surface area contributed by atoms with Gasteiger partial charge in [-0.15, -0.1) is 11.6 Å². The molecular formula is C23H33ClO2. The fraction of sp³-hybridized carbons (Fsp3) is 0.565. The Labute approximate surface area is 163 Å². The summed E-state index contributed by atoms with van der Waals surface area (Å²) in [4.78, 5) is 0. The van der Waals surface area contributed by atoms with Crippen LogP contribution in [0.5, 0.6) is 11.5 Å². The van der Waals surface area contributed by atoms with Gasteiger partial charge < -0.3 is 9.47 Å². The number of fused-ring (bicyclic) bond motifs is 1. The molecule has 0 unspecified atom stereocenters. The van der Waals surface area contributed by atoms with Gasteiger partial charge in [-0.25, -0.2) is 0 Å². The van der Waals surface area contributed by atoms with Crippen molar-refractivity contribution in [2.75, 3.05) is 19.1 Å². The average molecular weight is 377 g/mol. The molecule has 0 aliphatic carbocycles. The first kappa shape index (κ1) is 20.9. The van der Waals surface area contributed by atoms with Gasteiger partial charge in [-0.2, -0.15) is 0 Å². The molecule has 0 aromatic heterocycles. The molecule has 0 atom stereocenters. The third kappa shape index (κ3) is 7.07. The van der Waals surface area contributed by atoms with Crippen LogP contribution in [0.2, 0.25) is 0 Å². The Kier molecular flexibility index (Phi) is 10.3. The van der Waals surface area contributed by atoms with Crippen molar-refractivity contribution in [3.8, 4) is 11.5 Å². The maximum atomic E-state index is 6.07. The summed E-state index contributed by atoms with van der Waals surface area (Å²) in [5.74, 6) is 2.63. The second-order valence-corrected chi connectivity index (χ2v) is 7.20. The Hall–Kier alpha value is -1.41. The van der Waals surface area contributed by atoms with Crippen LogP contribution in [0.25, 0.3) is 10.8 Å². The van der Waals surface area contributed by atoms with E-state index in [2.05, 4.69) is 31.2 Å². The fourth-order valence-corrected chi connectivity index (χ4v) is 3.30. The SMILES string of the molecule is CCCCCCCCOc1ccc(OCCCCCCl)c2ccccc12. The van der Waals surface area contributed by atoms with Crippen molar-refractivity contribution in [2.45, 2.75) is 64.7 Å². The third-order valence-corrected chi connectivity index (χ3v) is 4.90. The highest BCUT2D eigenvalue weighted by Crippen LogP contribution is 2.33. The molecule has 0 radical (unpaired) electrons. The van der Waals surface area contributed by atoms with Gasteiger partial charge in [0, 0.05) is 16.7 Å². The zero-order valence-corrected chi connectivity index (χ0v) is 16.9. The average Bonchev–Trinajstić information content (AvgIpc) is 2.68.